The normalized spacial score (nSPS) is 13.8. The second-order valence-electron chi connectivity index (χ2n) is 8.93. The summed E-state index contributed by atoms with van der Waals surface area (Å²) in [6, 6.07) is 22.3. The van der Waals surface area contributed by atoms with Gasteiger partial charge in [-0.15, -0.1) is 0 Å². The highest BCUT2D eigenvalue weighted by atomic mass is 16.3. The summed E-state index contributed by atoms with van der Waals surface area (Å²) >= 11 is 0. The van der Waals surface area contributed by atoms with Crippen LogP contribution in [0.1, 0.15) is 39.9 Å². The maximum atomic E-state index is 12.8. The summed E-state index contributed by atoms with van der Waals surface area (Å²) in [5.74, 6) is 2.05. The zero-order valence-electron chi connectivity index (χ0n) is 20.3. The quantitative estimate of drug-likeness (QED) is 0.393. The van der Waals surface area contributed by atoms with Crippen molar-refractivity contribution in [3.05, 3.63) is 101 Å². The lowest BCUT2D eigenvalue weighted by atomic mass is 10.0. The molecule has 35 heavy (non-hydrogen) atoms. The molecule has 1 aliphatic rings. The van der Waals surface area contributed by atoms with Crippen molar-refractivity contribution in [1.82, 2.24) is 14.9 Å². The van der Waals surface area contributed by atoms with E-state index in [0.717, 1.165) is 35.7 Å². The number of hydrogen-bond acceptors (Lipinski definition) is 5. The fourth-order valence-electron chi connectivity index (χ4n) is 4.56. The molecule has 0 N–H and O–H groups in total. The number of carbonyl (C=O) groups excluding carboxylic acids is 1. The van der Waals surface area contributed by atoms with Crippen LogP contribution >= 0.6 is 0 Å². The number of hydrogen-bond donors (Lipinski definition) is 0. The molecule has 0 spiro atoms. The van der Waals surface area contributed by atoms with E-state index in [-0.39, 0.29) is 5.91 Å². The second-order valence-corrected chi connectivity index (χ2v) is 8.93. The highest BCUT2D eigenvalue weighted by Gasteiger charge is 2.27. The Bertz CT molecular complexity index is 1280. The summed E-state index contributed by atoms with van der Waals surface area (Å²) in [4.78, 5) is 27.0. The minimum absolute atomic E-state index is 0.0589. The number of aromatic nitrogens is 2. The van der Waals surface area contributed by atoms with Crippen LogP contribution in [0.5, 0.6) is 0 Å². The van der Waals surface area contributed by atoms with Crippen LogP contribution in [0.25, 0.3) is 11.4 Å². The molecule has 2 aromatic carbocycles. The maximum Gasteiger partial charge on any atom is 0.289 e. The van der Waals surface area contributed by atoms with Crippen molar-refractivity contribution in [2.24, 2.45) is 0 Å². The molecule has 0 aliphatic carbocycles. The second kappa shape index (κ2) is 10.1. The van der Waals surface area contributed by atoms with Gasteiger partial charge in [0.2, 0.25) is 0 Å². The molecule has 3 heterocycles. The first-order valence-corrected chi connectivity index (χ1v) is 12.2. The number of aryl methyl sites for hydroxylation is 2. The highest BCUT2D eigenvalue weighted by Crippen LogP contribution is 2.29. The Morgan fingerprint density at radius 3 is 2.31 bits per heavy atom. The van der Waals surface area contributed by atoms with Crippen LogP contribution < -0.4 is 4.90 Å². The first-order valence-electron chi connectivity index (χ1n) is 12.2. The molecular weight excluding hydrogens is 436 g/mol. The molecule has 1 fully saturated rings. The third-order valence-corrected chi connectivity index (χ3v) is 6.54. The SMILES string of the molecule is CCc1nc(-c2ccccc2)nc(N2CCN(C(=O)c3ccco3)CC2)c1Cc1ccc(C)cc1. The molecule has 0 radical (unpaired) electrons. The number of furan rings is 1. The summed E-state index contributed by atoms with van der Waals surface area (Å²) < 4.78 is 5.32. The lowest BCUT2D eigenvalue weighted by Gasteiger charge is -2.36. The predicted molar refractivity (Wildman–Crippen MR) is 138 cm³/mol. The number of carbonyl (C=O) groups is 1. The number of piperazine rings is 1. The van der Waals surface area contributed by atoms with E-state index in [0.29, 0.717) is 31.9 Å². The Morgan fingerprint density at radius 1 is 0.914 bits per heavy atom. The number of rotatable bonds is 6. The first kappa shape index (κ1) is 22.8. The average molecular weight is 467 g/mol. The van der Waals surface area contributed by atoms with E-state index in [2.05, 4.69) is 55.1 Å². The minimum Gasteiger partial charge on any atom is -0.459 e. The van der Waals surface area contributed by atoms with Crippen LogP contribution in [0.3, 0.4) is 0 Å². The topological polar surface area (TPSA) is 62.5 Å². The van der Waals surface area contributed by atoms with E-state index in [4.69, 9.17) is 14.4 Å². The molecule has 0 saturated carbocycles. The van der Waals surface area contributed by atoms with Crippen LogP contribution in [0.15, 0.2) is 77.4 Å². The molecule has 0 unspecified atom stereocenters. The zero-order chi connectivity index (χ0) is 24.2. The number of amides is 1. The van der Waals surface area contributed by atoms with Crippen molar-refractivity contribution in [2.75, 3.05) is 31.1 Å². The number of nitrogens with zero attached hydrogens (tertiary/aromatic N) is 4. The third kappa shape index (κ3) is 4.97. The van der Waals surface area contributed by atoms with Crippen molar-refractivity contribution in [3.8, 4) is 11.4 Å². The fraction of sp³-hybridized carbons (Fsp3) is 0.276. The summed E-state index contributed by atoms with van der Waals surface area (Å²) in [6.45, 7) is 6.92. The Kier molecular flexibility index (Phi) is 6.62. The molecular formula is C29H30N4O2. The van der Waals surface area contributed by atoms with Crippen LogP contribution in [0, 0.1) is 6.92 Å². The average Bonchev–Trinajstić information content (AvgIpc) is 3.45. The van der Waals surface area contributed by atoms with E-state index in [9.17, 15) is 4.79 Å². The van der Waals surface area contributed by atoms with Gasteiger partial charge in [-0.3, -0.25) is 4.79 Å². The molecule has 1 saturated heterocycles. The minimum atomic E-state index is -0.0589. The van der Waals surface area contributed by atoms with Crippen LogP contribution in [0.4, 0.5) is 5.82 Å². The van der Waals surface area contributed by atoms with Gasteiger partial charge in [0.1, 0.15) is 5.82 Å². The number of benzene rings is 2. The van der Waals surface area contributed by atoms with E-state index in [1.165, 1.54) is 16.7 Å². The van der Waals surface area contributed by atoms with Gasteiger partial charge in [0.05, 0.1) is 6.26 Å². The smallest absolute Gasteiger partial charge is 0.289 e. The molecule has 178 valence electrons. The fourth-order valence-corrected chi connectivity index (χ4v) is 4.56. The van der Waals surface area contributed by atoms with Gasteiger partial charge < -0.3 is 14.2 Å². The van der Waals surface area contributed by atoms with Gasteiger partial charge >= 0.3 is 0 Å². The van der Waals surface area contributed by atoms with Crippen molar-refractivity contribution < 1.29 is 9.21 Å². The molecule has 1 aliphatic heterocycles. The molecule has 6 heteroatoms. The summed E-state index contributed by atoms with van der Waals surface area (Å²) in [7, 11) is 0. The Labute approximate surface area is 206 Å². The van der Waals surface area contributed by atoms with Gasteiger partial charge in [0.15, 0.2) is 11.6 Å². The largest absolute Gasteiger partial charge is 0.459 e. The van der Waals surface area contributed by atoms with Gasteiger partial charge in [-0.25, -0.2) is 9.97 Å². The van der Waals surface area contributed by atoms with E-state index >= 15 is 0 Å². The molecule has 4 aromatic rings. The molecule has 6 nitrogen and oxygen atoms in total. The standard InChI is InChI=1S/C29H30N4O2/c1-3-25-24(20-22-13-11-21(2)12-14-22)28(31-27(30-25)23-8-5-4-6-9-23)32-15-17-33(18-16-32)29(34)26-10-7-19-35-26/h4-14,19H,3,15-18,20H2,1-2H3. The van der Waals surface area contributed by atoms with Crippen molar-refractivity contribution in [2.45, 2.75) is 26.7 Å². The van der Waals surface area contributed by atoms with Crippen LogP contribution in [-0.4, -0.2) is 47.0 Å². The monoisotopic (exact) mass is 466 g/mol. The van der Waals surface area contributed by atoms with Crippen LogP contribution in [-0.2, 0) is 12.8 Å². The van der Waals surface area contributed by atoms with Gasteiger partial charge in [0.25, 0.3) is 5.91 Å². The first-order chi connectivity index (χ1) is 17.1. The van der Waals surface area contributed by atoms with Gasteiger partial charge in [0, 0.05) is 49.4 Å². The summed E-state index contributed by atoms with van der Waals surface area (Å²) in [6.07, 6.45) is 3.14. The Balaban J connectivity index is 1.48. The predicted octanol–water partition coefficient (Wildman–Crippen LogP) is 5.16. The lowest BCUT2D eigenvalue weighted by Crippen LogP contribution is -2.49. The third-order valence-electron chi connectivity index (χ3n) is 6.54. The van der Waals surface area contributed by atoms with E-state index in [1.807, 2.05) is 23.1 Å². The molecule has 0 atom stereocenters. The van der Waals surface area contributed by atoms with Gasteiger partial charge in [-0.05, 0) is 31.0 Å². The van der Waals surface area contributed by atoms with Crippen LogP contribution in [0.2, 0.25) is 0 Å². The maximum absolute atomic E-state index is 12.8. The lowest BCUT2D eigenvalue weighted by molar-refractivity contribution is 0.0714. The van der Waals surface area contributed by atoms with Crippen molar-refractivity contribution in [3.63, 3.8) is 0 Å². The molecule has 1 amide bonds. The van der Waals surface area contributed by atoms with Crippen molar-refractivity contribution in [1.29, 1.82) is 0 Å². The zero-order valence-corrected chi connectivity index (χ0v) is 20.3. The van der Waals surface area contributed by atoms with Crippen molar-refractivity contribution >= 4 is 11.7 Å². The van der Waals surface area contributed by atoms with E-state index in [1.54, 1.807) is 18.4 Å². The van der Waals surface area contributed by atoms with Gasteiger partial charge in [-0.1, -0.05) is 67.1 Å². The highest BCUT2D eigenvalue weighted by molar-refractivity contribution is 5.91. The summed E-state index contributed by atoms with van der Waals surface area (Å²) in [5.41, 5.74) is 5.74. The Morgan fingerprint density at radius 2 is 1.66 bits per heavy atom. The summed E-state index contributed by atoms with van der Waals surface area (Å²) in [5, 5.41) is 0. The van der Waals surface area contributed by atoms with E-state index < -0.39 is 0 Å². The molecule has 0 bridgehead atoms. The van der Waals surface area contributed by atoms with Gasteiger partial charge in [-0.2, -0.15) is 0 Å². The number of anilines is 1. The Hall–Kier alpha value is -3.93. The molecule has 2 aromatic heterocycles. The molecule has 5 rings (SSSR count).